The Morgan fingerprint density at radius 3 is 2.56 bits per heavy atom. The molecule has 2 rings (SSSR count). The van der Waals surface area contributed by atoms with Gasteiger partial charge in [-0.2, -0.15) is 0 Å². The fourth-order valence-corrected chi connectivity index (χ4v) is 2.33. The van der Waals surface area contributed by atoms with Crippen molar-refractivity contribution in [2.45, 2.75) is 32.4 Å². The quantitative estimate of drug-likeness (QED) is 0.877. The minimum Gasteiger partial charge on any atom is -0.372 e. The zero-order valence-electron chi connectivity index (χ0n) is 10.7. The van der Waals surface area contributed by atoms with Crippen LogP contribution in [0.2, 0.25) is 0 Å². The number of hydrogen-bond donors (Lipinski definition) is 1. The molecule has 0 radical (unpaired) electrons. The van der Waals surface area contributed by atoms with Gasteiger partial charge in [-0.05, 0) is 24.5 Å². The molecule has 0 bridgehead atoms. The Kier molecular flexibility index (Phi) is 4.30. The van der Waals surface area contributed by atoms with Crippen LogP contribution in [0.15, 0.2) is 18.2 Å². The third kappa shape index (κ3) is 2.87. The topological polar surface area (TPSA) is 21.3 Å². The summed E-state index contributed by atoms with van der Waals surface area (Å²) in [6, 6.07) is 4.25. The van der Waals surface area contributed by atoms with Crippen LogP contribution in [0.5, 0.6) is 0 Å². The van der Waals surface area contributed by atoms with Crippen LogP contribution in [0.1, 0.15) is 31.9 Å². The Morgan fingerprint density at radius 1 is 1.28 bits per heavy atom. The number of nitrogens with one attached hydrogen (secondary N) is 1. The van der Waals surface area contributed by atoms with Crippen LogP contribution in [0.3, 0.4) is 0 Å². The number of halogens is 2. The minimum absolute atomic E-state index is 0.0365. The second-order valence-corrected chi connectivity index (χ2v) is 5.04. The molecule has 0 spiro atoms. The summed E-state index contributed by atoms with van der Waals surface area (Å²) < 4.78 is 32.9. The second kappa shape index (κ2) is 5.76. The van der Waals surface area contributed by atoms with Crippen LogP contribution in [0, 0.1) is 17.6 Å². The van der Waals surface area contributed by atoms with Crippen molar-refractivity contribution < 1.29 is 13.5 Å². The van der Waals surface area contributed by atoms with Gasteiger partial charge in [0.25, 0.3) is 0 Å². The summed E-state index contributed by atoms with van der Waals surface area (Å²) in [6.45, 7) is 5.22. The lowest BCUT2D eigenvalue weighted by atomic mass is 10.0. The highest BCUT2D eigenvalue weighted by molar-refractivity contribution is 5.22. The standard InChI is InChI=1S/C14H19F2NO/c1-9(2)12-6-7-18-13(8-17-12)14-10(15)4-3-5-11(14)16/h3-5,9,12-13,17H,6-8H2,1-2H3. The number of benzene rings is 1. The molecule has 0 aromatic heterocycles. The maximum Gasteiger partial charge on any atom is 0.132 e. The van der Waals surface area contributed by atoms with Crippen LogP contribution in [-0.4, -0.2) is 19.2 Å². The predicted molar refractivity (Wildman–Crippen MR) is 66.3 cm³/mol. The van der Waals surface area contributed by atoms with Crippen molar-refractivity contribution in [3.05, 3.63) is 35.4 Å². The summed E-state index contributed by atoms with van der Waals surface area (Å²) in [6.07, 6.45) is 0.319. The molecule has 0 amide bonds. The van der Waals surface area contributed by atoms with Gasteiger partial charge < -0.3 is 10.1 Å². The molecule has 1 aliphatic heterocycles. The normalized spacial score (nSPS) is 25.2. The van der Waals surface area contributed by atoms with Crippen LogP contribution < -0.4 is 5.32 Å². The van der Waals surface area contributed by atoms with E-state index >= 15 is 0 Å². The first kappa shape index (κ1) is 13.4. The Bertz CT molecular complexity index is 389. The van der Waals surface area contributed by atoms with E-state index in [0.29, 0.717) is 25.1 Å². The highest BCUT2D eigenvalue weighted by Crippen LogP contribution is 2.26. The van der Waals surface area contributed by atoms with Gasteiger partial charge in [-0.1, -0.05) is 19.9 Å². The molecule has 2 atom stereocenters. The molecule has 18 heavy (non-hydrogen) atoms. The molecule has 1 N–H and O–H groups in total. The number of ether oxygens (including phenoxy) is 1. The number of rotatable bonds is 2. The molecule has 1 saturated heterocycles. The van der Waals surface area contributed by atoms with E-state index in [2.05, 4.69) is 19.2 Å². The maximum absolute atomic E-state index is 13.7. The highest BCUT2D eigenvalue weighted by atomic mass is 19.1. The highest BCUT2D eigenvalue weighted by Gasteiger charge is 2.25. The van der Waals surface area contributed by atoms with Crippen molar-refractivity contribution in [1.82, 2.24) is 5.32 Å². The average Bonchev–Trinajstić information content (AvgIpc) is 2.54. The first-order valence-corrected chi connectivity index (χ1v) is 6.38. The van der Waals surface area contributed by atoms with Crippen LogP contribution in [0.4, 0.5) is 8.78 Å². The molecule has 4 heteroatoms. The fraction of sp³-hybridized carbons (Fsp3) is 0.571. The summed E-state index contributed by atoms with van der Waals surface area (Å²) in [5.74, 6) is -0.590. The minimum atomic E-state index is -0.546. The maximum atomic E-state index is 13.7. The van der Waals surface area contributed by atoms with Gasteiger partial charge in [-0.15, -0.1) is 0 Å². The lowest BCUT2D eigenvalue weighted by Crippen LogP contribution is -2.34. The summed E-state index contributed by atoms with van der Waals surface area (Å²) in [7, 11) is 0. The van der Waals surface area contributed by atoms with Crippen molar-refractivity contribution in [2.24, 2.45) is 5.92 Å². The van der Waals surface area contributed by atoms with E-state index in [1.54, 1.807) is 0 Å². The summed E-state index contributed by atoms with van der Waals surface area (Å²) >= 11 is 0. The van der Waals surface area contributed by atoms with E-state index in [1.807, 2.05) is 0 Å². The van der Waals surface area contributed by atoms with Crippen molar-refractivity contribution in [1.29, 1.82) is 0 Å². The van der Waals surface area contributed by atoms with E-state index in [0.717, 1.165) is 6.42 Å². The molecule has 2 unspecified atom stereocenters. The SMILES string of the molecule is CC(C)C1CCOC(c2c(F)cccc2F)CN1. The summed E-state index contributed by atoms with van der Waals surface area (Å²) in [5, 5.41) is 3.33. The molecule has 1 heterocycles. The molecule has 1 aromatic carbocycles. The molecule has 0 aliphatic carbocycles. The molecule has 1 aromatic rings. The molecule has 1 fully saturated rings. The fourth-order valence-electron chi connectivity index (χ4n) is 2.33. The summed E-state index contributed by atoms with van der Waals surface area (Å²) in [5.41, 5.74) is 0.0365. The smallest absolute Gasteiger partial charge is 0.132 e. The van der Waals surface area contributed by atoms with Crippen molar-refractivity contribution in [3.8, 4) is 0 Å². The van der Waals surface area contributed by atoms with Gasteiger partial charge >= 0.3 is 0 Å². The van der Waals surface area contributed by atoms with Crippen LogP contribution in [0.25, 0.3) is 0 Å². The predicted octanol–water partition coefficient (Wildman–Crippen LogP) is 3.04. The molecular weight excluding hydrogens is 236 g/mol. The number of hydrogen-bond acceptors (Lipinski definition) is 2. The zero-order valence-corrected chi connectivity index (χ0v) is 10.7. The first-order valence-electron chi connectivity index (χ1n) is 6.38. The van der Waals surface area contributed by atoms with Gasteiger partial charge in [0.15, 0.2) is 0 Å². The Hall–Kier alpha value is -1.00. The van der Waals surface area contributed by atoms with Gasteiger partial charge in [-0.25, -0.2) is 8.78 Å². The zero-order chi connectivity index (χ0) is 13.1. The summed E-state index contributed by atoms with van der Waals surface area (Å²) in [4.78, 5) is 0. The van der Waals surface area contributed by atoms with E-state index in [1.165, 1.54) is 18.2 Å². The van der Waals surface area contributed by atoms with Gasteiger partial charge in [0, 0.05) is 19.2 Å². The first-order chi connectivity index (χ1) is 8.59. The molecular formula is C14H19F2NO. The third-order valence-electron chi connectivity index (χ3n) is 3.44. The van der Waals surface area contributed by atoms with Crippen LogP contribution in [-0.2, 0) is 4.74 Å². The van der Waals surface area contributed by atoms with Crippen molar-refractivity contribution >= 4 is 0 Å². The van der Waals surface area contributed by atoms with Crippen molar-refractivity contribution in [2.75, 3.05) is 13.2 Å². The monoisotopic (exact) mass is 255 g/mol. The van der Waals surface area contributed by atoms with E-state index in [-0.39, 0.29) is 5.56 Å². The second-order valence-electron chi connectivity index (χ2n) is 5.04. The molecule has 100 valence electrons. The van der Waals surface area contributed by atoms with Gasteiger partial charge in [0.1, 0.15) is 17.7 Å². The van der Waals surface area contributed by atoms with Gasteiger partial charge in [-0.3, -0.25) is 0 Å². The van der Waals surface area contributed by atoms with E-state index < -0.39 is 17.7 Å². The Balaban J connectivity index is 2.15. The van der Waals surface area contributed by atoms with Gasteiger partial charge in [0.2, 0.25) is 0 Å². The molecule has 0 saturated carbocycles. The third-order valence-corrected chi connectivity index (χ3v) is 3.44. The van der Waals surface area contributed by atoms with E-state index in [9.17, 15) is 8.78 Å². The van der Waals surface area contributed by atoms with Crippen molar-refractivity contribution in [3.63, 3.8) is 0 Å². The lowest BCUT2D eigenvalue weighted by molar-refractivity contribution is 0.0609. The van der Waals surface area contributed by atoms with Crippen LogP contribution >= 0.6 is 0 Å². The molecule has 1 aliphatic rings. The molecule has 2 nitrogen and oxygen atoms in total. The van der Waals surface area contributed by atoms with E-state index in [4.69, 9.17) is 4.74 Å². The lowest BCUT2D eigenvalue weighted by Gasteiger charge is -2.20. The Morgan fingerprint density at radius 2 is 1.94 bits per heavy atom. The Labute approximate surface area is 106 Å². The average molecular weight is 255 g/mol. The largest absolute Gasteiger partial charge is 0.372 e. The van der Waals surface area contributed by atoms with Gasteiger partial charge in [0.05, 0.1) is 5.56 Å².